The van der Waals surface area contributed by atoms with E-state index in [9.17, 15) is 9.90 Å². The number of benzene rings is 1. The number of rotatable bonds is 3. The smallest absolute Gasteiger partial charge is 0.251 e. The minimum Gasteiger partial charge on any atom is -0.399 e. The summed E-state index contributed by atoms with van der Waals surface area (Å²) in [4.78, 5) is 12.0. The first-order valence-electron chi connectivity index (χ1n) is 6.85. The van der Waals surface area contributed by atoms with Crippen molar-refractivity contribution >= 4 is 11.6 Å². The Kier molecular flexibility index (Phi) is 4.10. The number of hydrogen-bond donors (Lipinski definition) is 3. The summed E-state index contributed by atoms with van der Waals surface area (Å²) in [5.41, 5.74) is 6.00. The molecule has 1 aliphatic rings. The van der Waals surface area contributed by atoms with E-state index in [1.807, 2.05) is 0 Å². The molecule has 1 aliphatic carbocycles. The van der Waals surface area contributed by atoms with E-state index in [0.29, 0.717) is 23.7 Å². The second kappa shape index (κ2) is 5.61. The lowest BCUT2D eigenvalue weighted by Gasteiger charge is -2.34. The summed E-state index contributed by atoms with van der Waals surface area (Å²) in [6, 6.07) is 6.86. The van der Waals surface area contributed by atoms with Gasteiger partial charge in [0.1, 0.15) is 0 Å². The van der Waals surface area contributed by atoms with Crippen LogP contribution in [0.25, 0.3) is 0 Å². The number of nitrogens with one attached hydrogen (secondary N) is 1. The second-order valence-electron chi connectivity index (χ2n) is 5.72. The van der Waals surface area contributed by atoms with Crippen molar-refractivity contribution in [1.82, 2.24) is 5.32 Å². The van der Waals surface area contributed by atoms with E-state index >= 15 is 0 Å². The Morgan fingerprint density at radius 1 is 1.47 bits per heavy atom. The van der Waals surface area contributed by atoms with Gasteiger partial charge in [0.2, 0.25) is 0 Å². The maximum absolute atomic E-state index is 12.0. The number of nitrogens with two attached hydrogens (primary N) is 1. The SMILES string of the molecule is CC1CCC(O)(CNC(=O)c2cccc(N)c2)CC1. The van der Waals surface area contributed by atoms with E-state index in [1.165, 1.54) is 0 Å². The van der Waals surface area contributed by atoms with Crippen molar-refractivity contribution in [3.05, 3.63) is 29.8 Å². The molecular formula is C15H22N2O2. The summed E-state index contributed by atoms with van der Waals surface area (Å²) in [6.45, 7) is 2.51. The zero-order chi connectivity index (χ0) is 13.9. The van der Waals surface area contributed by atoms with Gasteiger partial charge >= 0.3 is 0 Å². The predicted molar refractivity (Wildman–Crippen MR) is 75.8 cm³/mol. The second-order valence-corrected chi connectivity index (χ2v) is 5.72. The number of carbonyl (C=O) groups excluding carboxylic acids is 1. The Bertz CT molecular complexity index is 451. The van der Waals surface area contributed by atoms with Crippen LogP contribution in [0.2, 0.25) is 0 Å². The normalized spacial score (nSPS) is 26.9. The molecule has 1 fully saturated rings. The van der Waals surface area contributed by atoms with Crippen molar-refractivity contribution in [1.29, 1.82) is 0 Å². The highest BCUT2D eigenvalue weighted by atomic mass is 16.3. The Morgan fingerprint density at radius 2 is 2.16 bits per heavy atom. The van der Waals surface area contributed by atoms with Crippen LogP contribution >= 0.6 is 0 Å². The van der Waals surface area contributed by atoms with Crippen LogP contribution in [0.3, 0.4) is 0 Å². The molecule has 0 saturated heterocycles. The number of nitrogen functional groups attached to an aromatic ring is 1. The Balaban J connectivity index is 1.90. The first-order chi connectivity index (χ1) is 8.98. The van der Waals surface area contributed by atoms with Crippen LogP contribution in [-0.2, 0) is 0 Å². The van der Waals surface area contributed by atoms with Crippen molar-refractivity contribution in [3.8, 4) is 0 Å². The van der Waals surface area contributed by atoms with Crippen molar-refractivity contribution in [2.45, 2.75) is 38.2 Å². The number of aliphatic hydroxyl groups is 1. The summed E-state index contributed by atoms with van der Waals surface area (Å²) in [5, 5.41) is 13.2. The molecule has 4 N–H and O–H groups in total. The lowest BCUT2D eigenvalue weighted by molar-refractivity contribution is -0.00539. The van der Waals surface area contributed by atoms with Crippen LogP contribution in [0, 0.1) is 5.92 Å². The standard InChI is InChI=1S/C15H22N2O2/c1-11-5-7-15(19,8-6-11)10-17-14(18)12-3-2-4-13(16)9-12/h2-4,9,11,19H,5-8,10,16H2,1H3,(H,17,18). The fraction of sp³-hybridized carbons (Fsp3) is 0.533. The summed E-state index contributed by atoms with van der Waals surface area (Å²) < 4.78 is 0. The summed E-state index contributed by atoms with van der Waals surface area (Å²) >= 11 is 0. The quantitative estimate of drug-likeness (QED) is 0.729. The van der Waals surface area contributed by atoms with E-state index in [4.69, 9.17) is 5.73 Å². The number of hydrogen-bond acceptors (Lipinski definition) is 3. The van der Waals surface area contributed by atoms with Crippen LogP contribution in [0.4, 0.5) is 5.69 Å². The van der Waals surface area contributed by atoms with Crippen LogP contribution < -0.4 is 11.1 Å². The van der Waals surface area contributed by atoms with Crippen molar-refractivity contribution in [2.75, 3.05) is 12.3 Å². The zero-order valence-corrected chi connectivity index (χ0v) is 11.4. The Labute approximate surface area is 114 Å². The Morgan fingerprint density at radius 3 is 2.79 bits per heavy atom. The molecule has 1 amide bonds. The fourth-order valence-electron chi connectivity index (χ4n) is 2.50. The largest absolute Gasteiger partial charge is 0.399 e. The lowest BCUT2D eigenvalue weighted by Crippen LogP contribution is -2.45. The van der Waals surface area contributed by atoms with Gasteiger partial charge in [-0.25, -0.2) is 0 Å². The predicted octanol–water partition coefficient (Wildman–Crippen LogP) is 1.94. The molecule has 0 atom stereocenters. The molecular weight excluding hydrogens is 240 g/mol. The van der Waals surface area contributed by atoms with Gasteiger partial charge in [0.25, 0.3) is 5.91 Å². The van der Waals surface area contributed by atoms with Gasteiger partial charge in [-0.3, -0.25) is 4.79 Å². The average molecular weight is 262 g/mol. The molecule has 4 heteroatoms. The number of amides is 1. The maximum Gasteiger partial charge on any atom is 0.251 e. The first-order valence-corrected chi connectivity index (χ1v) is 6.85. The molecule has 4 nitrogen and oxygen atoms in total. The van der Waals surface area contributed by atoms with E-state index in [0.717, 1.165) is 25.7 Å². The summed E-state index contributed by atoms with van der Waals surface area (Å²) in [6.07, 6.45) is 3.55. The number of carbonyl (C=O) groups is 1. The van der Waals surface area contributed by atoms with Crippen molar-refractivity contribution in [3.63, 3.8) is 0 Å². The van der Waals surface area contributed by atoms with Gasteiger partial charge in [-0.1, -0.05) is 13.0 Å². The third-order valence-corrected chi connectivity index (χ3v) is 3.93. The fourth-order valence-corrected chi connectivity index (χ4v) is 2.50. The van der Waals surface area contributed by atoms with Crippen LogP contribution in [0.1, 0.15) is 43.0 Å². The molecule has 0 bridgehead atoms. The Hall–Kier alpha value is -1.55. The molecule has 19 heavy (non-hydrogen) atoms. The molecule has 0 unspecified atom stereocenters. The lowest BCUT2D eigenvalue weighted by atomic mass is 9.79. The van der Waals surface area contributed by atoms with Gasteiger partial charge in [0, 0.05) is 17.8 Å². The summed E-state index contributed by atoms with van der Waals surface area (Å²) in [5.74, 6) is 0.490. The van der Waals surface area contributed by atoms with E-state index in [-0.39, 0.29) is 5.91 Å². The van der Waals surface area contributed by atoms with Gasteiger partial charge in [-0.05, 0) is 49.8 Å². The molecule has 104 valence electrons. The molecule has 0 aromatic heterocycles. The van der Waals surface area contributed by atoms with Crippen LogP contribution in [-0.4, -0.2) is 23.2 Å². The molecule has 0 heterocycles. The third kappa shape index (κ3) is 3.70. The van der Waals surface area contributed by atoms with Gasteiger partial charge in [-0.2, -0.15) is 0 Å². The molecule has 1 saturated carbocycles. The highest BCUT2D eigenvalue weighted by Crippen LogP contribution is 2.31. The van der Waals surface area contributed by atoms with Gasteiger partial charge < -0.3 is 16.2 Å². The van der Waals surface area contributed by atoms with Crippen LogP contribution in [0.15, 0.2) is 24.3 Å². The van der Waals surface area contributed by atoms with Gasteiger partial charge in [0.05, 0.1) is 5.60 Å². The van der Waals surface area contributed by atoms with E-state index in [1.54, 1.807) is 24.3 Å². The molecule has 1 aromatic rings. The molecule has 0 spiro atoms. The van der Waals surface area contributed by atoms with Gasteiger partial charge in [-0.15, -0.1) is 0 Å². The first kappa shape index (κ1) is 13.9. The minimum absolute atomic E-state index is 0.181. The number of anilines is 1. The van der Waals surface area contributed by atoms with E-state index in [2.05, 4.69) is 12.2 Å². The van der Waals surface area contributed by atoms with Crippen molar-refractivity contribution in [2.24, 2.45) is 5.92 Å². The molecule has 0 aliphatic heterocycles. The topological polar surface area (TPSA) is 75.3 Å². The highest BCUT2D eigenvalue weighted by Gasteiger charge is 2.32. The van der Waals surface area contributed by atoms with E-state index < -0.39 is 5.60 Å². The molecule has 2 rings (SSSR count). The summed E-state index contributed by atoms with van der Waals surface area (Å²) in [7, 11) is 0. The van der Waals surface area contributed by atoms with Crippen LogP contribution in [0.5, 0.6) is 0 Å². The minimum atomic E-state index is -0.748. The molecule has 1 aromatic carbocycles. The third-order valence-electron chi connectivity index (χ3n) is 3.93. The van der Waals surface area contributed by atoms with Crippen molar-refractivity contribution < 1.29 is 9.90 Å². The van der Waals surface area contributed by atoms with Gasteiger partial charge in [0.15, 0.2) is 0 Å². The maximum atomic E-state index is 12.0. The molecule has 0 radical (unpaired) electrons. The highest BCUT2D eigenvalue weighted by molar-refractivity contribution is 5.95. The average Bonchev–Trinajstić information content (AvgIpc) is 2.40. The zero-order valence-electron chi connectivity index (χ0n) is 11.4. The monoisotopic (exact) mass is 262 g/mol.